The molecule has 3 amide bonds. The van der Waals surface area contributed by atoms with Gasteiger partial charge >= 0.3 is 0 Å². The smallest absolute Gasteiger partial charge is 0.269 e. The van der Waals surface area contributed by atoms with E-state index in [1.54, 1.807) is 53.4 Å². The fourth-order valence-corrected chi connectivity index (χ4v) is 4.55. The van der Waals surface area contributed by atoms with E-state index in [-0.39, 0.29) is 35.9 Å². The van der Waals surface area contributed by atoms with Crippen LogP contribution in [-0.2, 0) is 11.2 Å². The Hall–Kier alpha value is -4.53. The zero-order chi connectivity index (χ0) is 24.7. The quantitative estimate of drug-likeness (QED) is 0.319. The summed E-state index contributed by atoms with van der Waals surface area (Å²) < 4.78 is 5.76. The van der Waals surface area contributed by atoms with Gasteiger partial charge in [0, 0.05) is 18.6 Å². The number of hydrogen-bond acceptors (Lipinski definition) is 6. The van der Waals surface area contributed by atoms with Gasteiger partial charge in [-0.2, -0.15) is 0 Å². The fourth-order valence-electron chi connectivity index (χ4n) is 4.55. The van der Waals surface area contributed by atoms with Gasteiger partial charge in [-0.1, -0.05) is 36.4 Å². The Balaban J connectivity index is 1.57. The highest BCUT2D eigenvalue weighted by molar-refractivity contribution is 6.23. The maximum Gasteiger partial charge on any atom is 0.269 e. The second-order valence-electron chi connectivity index (χ2n) is 8.51. The number of amides is 3. The van der Waals surface area contributed by atoms with Crippen molar-refractivity contribution in [1.82, 2.24) is 4.90 Å². The number of rotatable bonds is 5. The Morgan fingerprint density at radius 1 is 1.00 bits per heavy atom. The number of nitrogens with zero attached hydrogens (tertiary/aromatic N) is 3. The molecule has 0 aromatic heterocycles. The minimum absolute atomic E-state index is 0.00847. The molecular formula is C26H21N3O6. The molecule has 3 aromatic carbocycles. The third-order valence-corrected chi connectivity index (χ3v) is 6.28. The zero-order valence-corrected chi connectivity index (χ0v) is 18.8. The van der Waals surface area contributed by atoms with Crippen molar-refractivity contribution in [3.05, 3.63) is 99.6 Å². The van der Waals surface area contributed by atoms with Crippen LogP contribution in [0.15, 0.2) is 72.8 Å². The number of carbonyl (C=O) groups excluding carboxylic acids is 3. The van der Waals surface area contributed by atoms with Crippen molar-refractivity contribution in [2.45, 2.75) is 25.4 Å². The van der Waals surface area contributed by atoms with Crippen molar-refractivity contribution in [1.29, 1.82) is 0 Å². The molecule has 9 nitrogen and oxygen atoms in total. The molecule has 2 heterocycles. The van der Waals surface area contributed by atoms with Crippen LogP contribution in [0.2, 0.25) is 0 Å². The lowest BCUT2D eigenvalue weighted by atomic mass is 10.0. The minimum atomic E-state index is -1.16. The van der Waals surface area contributed by atoms with Gasteiger partial charge in [-0.25, -0.2) is 0 Å². The van der Waals surface area contributed by atoms with Crippen LogP contribution in [0.4, 0.5) is 11.4 Å². The number of carbonyl (C=O) groups is 3. The summed E-state index contributed by atoms with van der Waals surface area (Å²) in [6.45, 7) is 2.09. The molecule has 2 atom stereocenters. The van der Waals surface area contributed by atoms with Crippen LogP contribution in [-0.4, -0.2) is 46.2 Å². The van der Waals surface area contributed by atoms with E-state index < -0.39 is 28.7 Å². The van der Waals surface area contributed by atoms with Crippen molar-refractivity contribution in [2.75, 3.05) is 11.5 Å². The highest BCUT2D eigenvalue weighted by atomic mass is 16.6. The molecule has 0 saturated carbocycles. The van der Waals surface area contributed by atoms with E-state index in [4.69, 9.17) is 4.74 Å². The standard InChI is InChI=1S/C26H21N3O6/c1-16-15-35-23-9-5-4-8-21(23)27(16)26(32)22(14-17-10-12-18(13-11-17)29(33)34)28-24(30)19-6-2-3-7-20(19)25(28)31/h2-13,16,22H,14-15H2,1H3/t16-,22-/m0/s1. The molecule has 0 unspecified atom stereocenters. The molecule has 0 spiro atoms. The number of imide groups is 1. The van der Waals surface area contributed by atoms with Crippen LogP contribution in [0.1, 0.15) is 33.2 Å². The molecule has 5 rings (SSSR count). The average molecular weight is 471 g/mol. The monoisotopic (exact) mass is 471 g/mol. The molecule has 0 aliphatic carbocycles. The third kappa shape index (κ3) is 3.80. The van der Waals surface area contributed by atoms with Gasteiger partial charge in [-0.15, -0.1) is 0 Å². The summed E-state index contributed by atoms with van der Waals surface area (Å²) in [5, 5.41) is 11.1. The van der Waals surface area contributed by atoms with Gasteiger partial charge in [-0.3, -0.25) is 29.4 Å². The third-order valence-electron chi connectivity index (χ3n) is 6.28. The lowest BCUT2D eigenvalue weighted by Crippen LogP contribution is -2.56. The lowest BCUT2D eigenvalue weighted by Gasteiger charge is -2.38. The summed E-state index contributed by atoms with van der Waals surface area (Å²) in [5.41, 5.74) is 1.54. The predicted octanol–water partition coefficient (Wildman–Crippen LogP) is 3.62. The summed E-state index contributed by atoms with van der Waals surface area (Å²) in [6, 6.07) is 17.8. The Morgan fingerprint density at radius 3 is 2.23 bits per heavy atom. The summed E-state index contributed by atoms with van der Waals surface area (Å²) in [7, 11) is 0. The van der Waals surface area contributed by atoms with E-state index >= 15 is 0 Å². The molecule has 0 N–H and O–H groups in total. The summed E-state index contributed by atoms with van der Waals surface area (Å²) in [4.78, 5) is 53.9. The van der Waals surface area contributed by atoms with Gasteiger partial charge in [0.2, 0.25) is 0 Å². The van der Waals surface area contributed by atoms with E-state index in [9.17, 15) is 24.5 Å². The second kappa shape index (κ2) is 8.68. The van der Waals surface area contributed by atoms with E-state index in [0.717, 1.165) is 4.90 Å². The molecule has 0 radical (unpaired) electrons. The molecule has 176 valence electrons. The Morgan fingerprint density at radius 2 is 1.60 bits per heavy atom. The van der Waals surface area contributed by atoms with Gasteiger partial charge in [0.1, 0.15) is 18.4 Å². The first-order valence-electron chi connectivity index (χ1n) is 11.1. The Kier molecular flexibility index (Phi) is 5.52. The van der Waals surface area contributed by atoms with Crippen molar-refractivity contribution in [3.63, 3.8) is 0 Å². The maximum atomic E-state index is 14.1. The van der Waals surface area contributed by atoms with Crippen LogP contribution in [0.5, 0.6) is 5.75 Å². The molecule has 2 aliphatic rings. The fraction of sp³-hybridized carbons (Fsp3) is 0.192. The van der Waals surface area contributed by atoms with Gasteiger partial charge in [0.05, 0.1) is 27.8 Å². The van der Waals surface area contributed by atoms with E-state index in [0.29, 0.717) is 17.0 Å². The largest absolute Gasteiger partial charge is 0.489 e. The number of ether oxygens (including phenoxy) is 1. The van der Waals surface area contributed by atoms with Crippen LogP contribution >= 0.6 is 0 Å². The zero-order valence-electron chi connectivity index (χ0n) is 18.8. The van der Waals surface area contributed by atoms with E-state index in [2.05, 4.69) is 0 Å². The number of nitro benzene ring substituents is 1. The van der Waals surface area contributed by atoms with E-state index in [1.165, 1.54) is 24.3 Å². The molecular weight excluding hydrogens is 450 g/mol. The molecule has 35 heavy (non-hydrogen) atoms. The van der Waals surface area contributed by atoms with Gasteiger partial charge < -0.3 is 9.64 Å². The van der Waals surface area contributed by atoms with Crippen LogP contribution in [0, 0.1) is 10.1 Å². The highest BCUT2D eigenvalue weighted by Crippen LogP contribution is 2.36. The SMILES string of the molecule is C[C@H]1COc2ccccc2N1C(=O)[C@H](Cc1ccc([N+](=O)[O-])cc1)N1C(=O)c2ccccc2C1=O. The Bertz CT molecular complexity index is 1320. The van der Waals surface area contributed by atoms with Crippen molar-refractivity contribution in [2.24, 2.45) is 0 Å². The normalized spacial score (nSPS) is 17.5. The number of hydrogen-bond donors (Lipinski definition) is 0. The molecule has 0 bridgehead atoms. The molecule has 3 aromatic rings. The summed E-state index contributed by atoms with van der Waals surface area (Å²) in [6.07, 6.45) is 0.00847. The predicted molar refractivity (Wildman–Crippen MR) is 126 cm³/mol. The van der Waals surface area contributed by atoms with Gasteiger partial charge in [0.15, 0.2) is 0 Å². The van der Waals surface area contributed by atoms with Crippen molar-refractivity contribution < 1.29 is 24.0 Å². The number of anilines is 1. The molecule has 0 fully saturated rings. The van der Waals surface area contributed by atoms with Gasteiger partial charge in [0.25, 0.3) is 23.4 Å². The molecule has 0 saturated heterocycles. The topological polar surface area (TPSA) is 110 Å². The molecule has 2 aliphatic heterocycles. The summed E-state index contributed by atoms with van der Waals surface area (Å²) in [5.74, 6) is -0.975. The maximum absolute atomic E-state index is 14.1. The van der Waals surface area contributed by atoms with Crippen LogP contribution in [0.25, 0.3) is 0 Å². The average Bonchev–Trinajstić information content (AvgIpc) is 3.12. The summed E-state index contributed by atoms with van der Waals surface area (Å²) >= 11 is 0. The number of non-ortho nitro benzene ring substituents is 1. The number of para-hydroxylation sites is 2. The number of nitro groups is 1. The first kappa shape index (κ1) is 22.3. The van der Waals surface area contributed by atoms with Crippen LogP contribution in [0.3, 0.4) is 0 Å². The second-order valence-corrected chi connectivity index (χ2v) is 8.51. The molecule has 9 heteroatoms. The Labute approximate surface area is 200 Å². The number of fused-ring (bicyclic) bond motifs is 2. The highest BCUT2D eigenvalue weighted by Gasteiger charge is 2.45. The lowest BCUT2D eigenvalue weighted by molar-refractivity contribution is -0.384. The number of benzene rings is 3. The first-order valence-corrected chi connectivity index (χ1v) is 11.1. The van der Waals surface area contributed by atoms with Gasteiger partial charge in [-0.05, 0) is 36.8 Å². The minimum Gasteiger partial charge on any atom is -0.489 e. The van der Waals surface area contributed by atoms with Crippen molar-refractivity contribution >= 4 is 29.1 Å². The first-order chi connectivity index (χ1) is 16.9. The van der Waals surface area contributed by atoms with E-state index in [1.807, 2.05) is 6.92 Å². The van der Waals surface area contributed by atoms with Crippen LogP contribution < -0.4 is 9.64 Å². The van der Waals surface area contributed by atoms with Crippen molar-refractivity contribution in [3.8, 4) is 5.75 Å².